The van der Waals surface area contributed by atoms with Gasteiger partial charge >= 0.3 is 0 Å². The molecule has 0 unspecified atom stereocenters. The van der Waals surface area contributed by atoms with Gasteiger partial charge in [0.05, 0.1) is 6.26 Å². The van der Waals surface area contributed by atoms with Crippen molar-refractivity contribution in [2.45, 2.75) is 19.5 Å². The van der Waals surface area contributed by atoms with Gasteiger partial charge in [-0.15, -0.1) is 10.2 Å². The number of hydrogen-bond acceptors (Lipinski definition) is 4. The molecule has 2 N–H and O–H groups in total. The van der Waals surface area contributed by atoms with E-state index in [-0.39, 0.29) is 6.04 Å². The van der Waals surface area contributed by atoms with E-state index in [9.17, 15) is 0 Å². The second kappa shape index (κ2) is 6.11. The summed E-state index contributed by atoms with van der Waals surface area (Å²) in [5, 5.41) is 10.9. The maximum absolute atomic E-state index is 6.19. The Bertz CT molecular complexity index is 709. The molecule has 0 aliphatic rings. The highest BCUT2D eigenvalue weighted by Crippen LogP contribution is 2.20. The highest BCUT2D eigenvalue weighted by atomic mass is 35.5. The van der Waals surface area contributed by atoms with Crippen molar-refractivity contribution in [3.05, 3.63) is 59.1 Å². The predicted molar refractivity (Wildman–Crippen MR) is 77.5 cm³/mol. The summed E-state index contributed by atoms with van der Waals surface area (Å²) in [6, 6.07) is 11.6. The van der Waals surface area contributed by atoms with E-state index >= 15 is 0 Å². The van der Waals surface area contributed by atoms with Crippen molar-refractivity contribution in [1.29, 1.82) is 0 Å². The van der Waals surface area contributed by atoms with Crippen LogP contribution in [0.3, 0.4) is 0 Å². The van der Waals surface area contributed by atoms with Crippen LogP contribution < -0.4 is 5.32 Å². The van der Waals surface area contributed by atoms with E-state index in [4.69, 9.17) is 20.4 Å². The normalized spacial score (nSPS) is 12.5. The Morgan fingerprint density at radius 3 is 2.81 bits per heavy atom. The lowest BCUT2D eigenvalue weighted by Crippen LogP contribution is -2.83. The van der Waals surface area contributed by atoms with Gasteiger partial charge in [0.1, 0.15) is 6.04 Å². The van der Waals surface area contributed by atoms with Crippen LogP contribution in [0.15, 0.2) is 51.5 Å². The van der Waals surface area contributed by atoms with Crippen molar-refractivity contribution in [2.75, 3.05) is 0 Å². The Morgan fingerprint density at radius 1 is 1.19 bits per heavy atom. The molecule has 1 atom stereocenters. The zero-order valence-corrected chi connectivity index (χ0v) is 12.2. The van der Waals surface area contributed by atoms with E-state index < -0.39 is 0 Å². The van der Waals surface area contributed by atoms with Gasteiger partial charge in [-0.2, -0.15) is 0 Å². The fourth-order valence-electron chi connectivity index (χ4n) is 2.08. The average Bonchev–Trinajstić information content (AvgIpc) is 3.16. The first-order valence-corrected chi connectivity index (χ1v) is 7.06. The van der Waals surface area contributed by atoms with Gasteiger partial charge in [0, 0.05) is 10.6 Å². The minimum Gasteiger partial charge on any atom is -0.459 e. The van der Waals surface area contributed by atoms with Gasteiger partial charge in [-0.25, -0.2) is 0 Å². The van der Waals surface area contributed by atoms with Gasteiger partial charge in [-0.3, -0.25) is 0 Å². The maximum Gasteiger partial charge on any atom is 0.283 e. The van der Waals surface area contributed by atoms with Gasteiger partial charge in [0.15, 0.2) is 12.3 Å². The van der Waals surface area contributed by atoms with E-state index in [2.05, 4.69) is 22.4 Å². The monoisotopic (exact) mass is 304 g/mol. The van der Waals surface area contributed by atoms with Crippen molar-refractivity contribution in [3.8, 4) is 11.7 Å². The number of aromatic nitrogens is 2. The average molecular weight is 305 g/mol. The molecular formula is C15H15ClN3O2+. The molecule has 0 bridgehead atoms. The molecule has 108 valence electrons. The van der Waals surface area contributed by atoms with Crippen LogP contribution in [-0.2, 0) is 6.54 Å². The minimum atomic E-state index is 0.206. The number of hydrogen-bond donors (Lipinski definition) is 1. The molecule has 0 radical (unpaired) electrons. The predicted octanol–water partition coefficient (Wildman–Crippen LogP) is 2.81. The molecule has 2 heterocycles. The topological polar surface area (TPSA) is 68.7 Å². The maximum atomic E-state index is 6.19. The van der Waals surface area contributed by atoms with E-state index in [0.717, 1.165) is 10.6 Å². The van der Waals surface area contributed by atoms with Crippen molar-refractivity contribution in [3.63, 3.8) is 0 Å². The molecule has 6 heteroatoms. The zero-order valence-electron chi connectivity index (χ0n) is 11.5. The molecule has 21 heavy (non-hydrogen) atoms. The lowest BCUT2D eigenvalue weighted by molar-refractivity contribution is -0.709. The van der Waals surface area contributed by atoms with Crippen molar-refractivity contribution >= 4 is 11.6 Å². The Kier molecular flexibility index (Phi) is 4.03. The molecular weight excluding hydrogens is 290 g/mol. The lowest BCUT2D eigenvalue weighted by Gasteiger charge is -2.10. The number of quaternary nitrogens is 1. The first kappa shape index (κ1) is 13.9. The van der Waals surface area contributed by atoms with Crippen LogP contribution >= 0.6 is 11.6 Å². The molecule has 2 aromatic heterocycles. The number of nitrogens with two attached hydrogens (primary N) is 1. The smallest absolute Gasteiger partial charge is 0.283 e. The van der Waals surface area contributed by atoms with Gasteiger partial charge in [0.2, 0.25) is 0 Å². The van der Waals surface area contributed by atoms with Crippen LogP contribution in [0.2, 0.25) is 5.02 Å². The number of benzene rings is 1. The Morgan fingerprint density at radius 2 is 2.05 bits per heavy atom. The number of furan rings is 1. The quantitative estimate of drug-likeness (QED) is 0.787. The second-order valence-corrected chi connectivity index (χ2v) is 5.14. The summed E-state index contributed by atoms with van der Waals surface area (Å²) >= 11 is 6.19. The Labute approximate surface area is 126 Å². The molecule has 0 amide bonds. The first-order chi connectivity index (χ1) is 10.2. The SMILES string of the molecule is C[C@@H]([NH2+]Cc1nnc(-c2ccco2)o1)c1ccccc1Cl. The summed E-state index contributed by atoms with van der Waals surface area (Å²) in [4.78, 5) is 0. The molecule has 3 rings (SSSR count). The largest absolute Gasteiger partial charge is 0.459 e. The van der Waals surface area contributed by atoms with E-state index in [1.807, 2.05) is 24.3 Å². The number of halogens is 1. The van der Waals surface area contributed by atoms with Crippen molar-refractivity contribution in [2.24, 2.45) is 0 Å². The van der Waals surface area contributed by atoms with Crippen LogP contribution in [0.25, 0.3) is 11.7 Å². The third-order valence-corrected chi connectivity index (χ3v) is 3.58. The van der Waals surface area contributed by atoms with Crippen LogP contribution in [-0.4, -0.2) is 10.2 Å². The summed E-state index contributed by atoms with van der Waals surface area (Å²) in [5.74, 6) is 1.53. The molecule has 0 fully saturated rings. The first-order valence-electron chi connectivity index (χ1n) is 6.68. The summed E-state index contributed by atoms with van der Waals surface area (Å²) in [6.07, 6.45) is 1.57. The zero-order chi connectivity index (χ0) is 14.7. The fourth-order valence-corrected chi connectivity index (χ4v) is 2.39. The molecule has 5 nitrogen and oxygen atoms in total. The lowest BCUT2D eigenvalue weighted by atomic mass is 10.1. The number of rotatable bonds is 5. The second-order valence-electron chi connectivity index (χ2n) is 4.73. The standard InChI is InChI=1S/C15H14ClN3O2/c1-10(11-5-2-3-6-12(11)16)17-9-14-18-19-15(21-14)13-7-4-8-20-13/h2-8,10,17H,9H2,1H3/p+1/t10-/m1/s1. The third kappa shape index (κ3) is 3.15. The molecule has 1 aromatic carbocycles. The van der Waals surface area contributed by atoms with Gasteiger partial charge < -0.3 is 14.2 Å². The molecule has 0 aliphatic carbocycles. The Hall–Kier alpha value is -2.11. The van der Waals surface area contributed by atoms with Crippen LogP contribution in [0.5, 0.6) is 0 Å². The van der Waals surface area contributed by atoms with Crippen molar-refractivity contribution < 1.29 is 14.2 Å². The van der Waals surface area contributed by atoms with E-state index in [0.29, 0.717) is 24.1 Å². The Balaban J connectivity index is 1.64. The van der Waals surface area contributed by atoms with Gasteiger partial charge in [-0.05, 0) is 25.1 Å². The highest BCUT2D eigenvalue weighted by molar-refractivity contribution is 6.31. The third-order valence-electron chi connectivity index (χ3n) is 3.24. The molecule has 0 spiro atoms. The summed E-state index contributed by atoms with van der Waals surface area (Å²) in [5.41, 5.74) is 1.09. The molecule has 0 saturated heterocycles. The van der Waals surface area contributed by atoms with Crippen LogP contribution in [0.4, 0.5) is 0 Å². The van der Waals surface area contributed by atoms with Crippen molar-refractivity contribution in [1.82, 2.24) is 10.2 Å². The molecule has 0 saturated carbocycles. The molecule has 0 aliphatic heterocycles. The minimum absolute atomic E-state index is 0.206. The van der Waals surface area contributed by atoms with E-state index in [1.54, 1.807) is 18.4 Å². The molecule has 3 aromatic rings. The fraction of sp³-hybridized carbons (Fsp3) is 0.200. The van der Waals surface area contributed by atoms with Crippen LogP contribution in [0.1, 0.15) is 24.4 Å². The summed E-state index contributed by atoms with van der Waals surface area (Å²) in [6.45, 7) is 2.67. The van der Waals surface area contributed by atoms with E-state index in [1.165, 1.54) is 0 Å². The van der Waals surface area contributed by atoms with Crippen LogP contribution in [0, 0.1) is 0 Å². The van der Waals surface area contributed by atoms with Gasteiger partial charge in [-0.1, -0.05) is 29.8 Å². The number of nitrogens with zero attached hydrogens (tertiary/aromatic N) is 2. The summed E-state index contributed by atoms with van der Waals surface area (Å²) in [7, 11) is 0. The summed E-state index contributed by atoms with van der Waals surface area (Å²) < 4.78 is 10.8. The van der Waals surface area contributed by atoms with Gasteiger partial charge in [0.25, 0.3) is 11.8 Å². The highest BCUT2D eigenvalue weighted by Gasteiger charge is 2.15.